The maximum absolute atomic E-state index is 12.6. The zero-order chi connectivity index (χ0) is 19.2. The zero-order valence-electron chi connectivity index (χ0n) is 15.7. The van der Waals surface area contributed by atoms with Crippen LogP contribution < -0.4 is 5.73 Å². The molecule has 0 aliphatic heterocycles. The lowest BCUT2D eigenvalue weighted by Gasteiger charge is -2.35. The Morgan fingerprint density at radius 3 is 2.58 bits per heavy atom. The number of oxime groups is 1. The maximum atomic E-state index is 12.6. The molecule has 1 aromatic heterocycles. The van der Waals surface area contributed by atoms with Crippen molar-refractivity contribution in [2.75, 3.05) is 6.61 Å². The Labute approximate surface area is 158 Å². The fourth-order valence-electron chi connectivity index (χ4n) is 2.42. The van der Waals surface area contributed by atoms with Crippen LogP contribution in [0.2, 0.25) is 0 Å². The van der Waals surface area contributed by atoms with Gasteiger partial charge in [-0.2, -0.15) is 0 Å². The van der Waals surface area contributed by atoms with Crippen LogP contribution in [-0.4, -0.2) is 33.8 Å². The van der Waals surface area contributed by atoms with Crippen molar-refractivity contribution in [1.82, 2.24) is 9.88 Å². The van der Waals surface area contributed by atoms with Gasteiger partial charge >= 0.3 is 0 Å². The van der Waals surface area contributed by atoms with E-state index >= 15 is 0 Å². The third kappa shape index (κ3) is 6.15. The monoisotopic (exact) mass is 374 g/mol. The van der Waals surface area contributed by atoms with Crippen LogP contribution in [0.4, 0.5) is 0 Å². The van der Waals surface area contributed by atoms with E-state index in [1.165, 1.54) is 0 Å². The number of thiazole rings is 1. The van der Waals surface area contributed by atoms with Gasteiger partial charge in [-0.05, 0) is 33.3 Å². The third-order valence-electron chi connectivity index (χ3n) is 3.69. The summed E-state index contributed by atoms with van der Waals surface area (Å²) >= 11 is 1.56. The summed E-state index contributed by atoms with van der Waals surface area (Å²) in [5, 5.41) is 6.76. The number of hydrogen-bond donors (Lipinski definition) is 1. The van der Waals surface area contributed by atoms with Gasteiger partial charge in [-0.15, -0.1) is 11.3 Å². The highest BCUT2D eigenvalue weighted by Crippen LogP contribution is 2.18. The van der Waals surface area contributed by atoms with E-state index in [0.29, 0.717) is 18.8 Å². The predicted octanol–water partition coefficient (Wildman–Crippen LogP) is 3.11. The first kappa shape index (κ1) is 19.9. The molecule has 0 bridgehead atoms. The largest absolute Gasteiger partial charge is 0.384 e. The summed E-state index contributed by atoms with van der Waals surface area (Å²) in [6, 6.07) is 9.87. The molecule has 1 amide bonds. The molecule has 2 aromatic rings. The number of aryl methyl sites for hydroxylation is 1. The van der Waals surface area contributed by atoms with Crippen molar-refractivity contribution in [3.8, 4) is 0 Å². The second-order valence-corrected chi connectivity index (χ2v) is 8.09. The highest BCUT2D eigenvalue weighted by molar-refractivity contribution is 7.09. The van der Waals surface area contributed by atoms with Gasteiger partial charge < -0.3 is 15.5 Å². The molecule has 0 unspecified atom stereocenters. The summed E-state index contributed by atoms with van der Waals surface area (Å²) in [5.74, 6) is 0.163. The van der Waals surface area contributed by atoms with Gasteiger partial charge in [0.25, 0.3) is 5.91 Å². The lowest BCUT2D eigenvalue weighted by molar-refractivity contribution is -0.141. The van der Waals surface area contributed by atoms with Crippen molar-refractivity contribution in [2.45, 2.75) is 46.2 Å². The third-order valence-corrected chi connectivity index (χ3v) is 4.52. The van der Waals surface area contributed by atoms with Crippen molar-refractivity contribution >= 4 is 23.1 Å². The van der Waals surface area contributed by atoms with Crippen LogP contribution in [-0.2, 0) is 22.6 Å². The molecule has 1 heterocycles. The van der Waals surface area contributed by atoms with Crippen molar-refractivity contribution in [2.24, 2.45) is 10.9 Å². The number of benzene rings is 1. The topological polar surface area (TPSA) is 80.8 Å². The molecule has 0 aliphatic carbocycles. The SMILES string of the molecule is Cc1nc(CC(N)=NOCC(=O)N(Cc2ccccc2)C(C)(C)C)cs1. The Bertz CT molecular complexity index is 750. The van der Waals surface area contributed by atoms with Gasteiger partial charge in [-0.25, -0.2) is 4.98 Å². The smallest absolute Gasteiger partial charge is 0.264 e. The van der Waals surface area contributed by atoms with E-state index in [9.17, 15) is 4.79 Å². The molecule has 7 heteroatoms. The molecule has 0 atom stereocenters. The van der Waals surface area contributed by atoms with E-state index in [0.717, 1.165) is 16.3 Å². The van der Waals surface area contributed by atoms with Gasteiger partial charge in [0.1, 0.15) is 5.84 Å². The highest BCUT2D eigenvalue weighted by Gasteiger charge is 2.26. The molecule has 0 fully saturated rings. The summed E-state index contributed by atoms with van der Waals surface area (Å²) in [5.41, 5.74) is 7.44. The van der Waals surface area contributed by atoms with Crippen molar-refractivity contribution in [1.29, 1.82) is 0 Å². The molecule has 1 aromatic carbocycles. The van der Waals surface area contributed by atoms with Crippen LogP contribution in [0.1, 0.15) is 37.0 Å². The number of amidine groups is 1. The molecule has 0 saturated carbocycles. The van der Waals surface area contributed by atoms with Crippen LogP contribution in [0.3, 0.4) is 0 Å². The summed E-state index contributed by atoms with van der Waals surface area (Å²) in [4.78, 5) is 23.9. The van der Waals surface area contributed by atoms with E-state index in [-0.39, 0.29) is 18.1 Å². The average molecular weight is 375 g/mol. The molecular formula is C19H26N4O2S. The second-order valence-electron chi connectivity index (χ2n) is 7.03. The first-order valence-corrected chi connectivity index (χ1v) is 9.33. The molecule has 6 nitrogen and oxygen atoms in total. The summed E-state index contributed by atoms with van der Waals surface area (Å²) in [7, 11) is 0. The number of rotatable bonds is 7. The highest BCUT2D eigenvalue weighted by atomic mass is 32.1. The van der Waals surface area contributed by atoms with E-state index in [2.05, 4.69) is 10.1 Å². The summed E-state index contributed by atoms with van der Waals surface area (Å²) < 4.78 is 0. The number of hydrogen-bond acceptors (Lipinski definition) is 5. The van der Waals surface area contributed by atoms with Crippen LogP contribution in [0.15, 0.2) is 40.9 Å². The molecule has 26 heavy (non-hydrogen) atoms. The van der Waals surface area contributed by atoms with Crippen LogP contribution in [0, 0.1) is 6.92 Å². The first-order chi connectivity index (χ1) is 12.3. The lowest BCUT2D eigenvalue weighted by atomic mass is 10.0. The van der Waals surface area contributed by atoms with E-state index in [1.807, 2.05) is 63.4 Å². The predicted molar refractivity (Wildman–Crippen MR) is 105 cm³/mol. The molecule has 0 spiro atoms. The minimum atomic E-state index is -0.330. The minimum absolute atomic E-state index is 0.137. The Kier molecular flexibility index (Phi) is 6.74. The van der Waals surface area contributed by atoms with Crippen molar-refractivity contribution in [3.63, 3.8) is 0 Å². The number of aromatic nitrogens is 1. The number of carbonyl (C=O) groups excluding carboxylic acids is 1. The fraction of sp³-hybridized carbons (Fsp3) is 0.421. The quantitative estimate of drug-likeness (QED) is 0.459. The molecule has 0 radical (unpaired) electrons. The van der Waals surface area contributed by atoms with Gasteiger partial charge in [0.05, 0.1) is 17.1 Å². The van der Waals surface area contributed by atoms with Gasteiger partial charge in [-0.1, -0.05) is 35.5 Å². The lowest BCUT2D eigenvalue weighted by Crippen LogP contribution is -2.46. The summed E-state index contributed by atoms with van der Waals surface area (Å²) in [6.45, 7) is 8.29. The van der Waals surface area contributed by atoms with Crippen LogP contribution in [0.5, 0.6) is 0 Å². The zero-order valence-corrected chi connectivity index (χ0v) is 16.5. The Balaban J connectivity index is 1.93. The van der Waals surface area contributed by atoms with E-state index in [1.54, 1.807) is 16.2 Å². The Morgan fingerprint density at radius 2 is 2.00 bits per heavy atom. The molecule has 0 saturated heterocycles. The van der Waals surface area contributed by atoms with Gasteiger partial charge in [-0.3, -0.25) is 4.79 Å². The van der Waals surface area contributed by atoms with Gasteiger partial charge in [0.2, 0.25) is 0 Å². The Hall–Kier alpha value is -2.41. The van der Waals surface area contributed by atoms with Gasteiger partial charge in [0, 0.05) is 17.5 Å². The molecule has 2 rings (SSSR count). The second kappa shape index (κ2) is 8.80. The van der Waals surface area contributed by atoms with E-state index < -0.39 is 0 Å². The van der Waals surface area contributed by atoms with Crippen LogP contribution >= 0.6 is 11.3 Å². The number of nitrogens with zero attached hydrogens (tertiary/aromatic N) is 3. The number of carbonyl (C=O) groups is 1. The van der Waals surface area contributed by atoms with Crippen molar-refractivity contribution < 1.29 is 9.63 Å². The normalized spacial score (nSPS) is 12.1. The molecule has 2 N–H and O–H groups in total. The summed E-state index contributed by atoms with van der Waals surface area (Å²) in [6.07, 6.45) is 0.408. The molecule has 0 aliphatic rings. The Morgan fingerprint density at radius 1 is 1.31 bits per heavy atom. The van der Waals surface area contributed by atoms with E-state index in [4.69, 9.17) is 10.6 Å². The minimum Gasteiger partial charge on any atom is -0.384 e. The molecule has 140 valence electrons. The standard InChI is InChI=1S/C19H26N4O2S/c1-14-21-16(13-26-14)10-17(20)22-25-12-18(24)23(19(2,3)4)11-15-8-6-5-7-9-15/h5-9,13H,10-12H2,1-4H3,(H2,20,22). The van der Waals surface area contributed by atoms with Gasteiger partial charge in [0.15, 0.2) is 6.61 Å². The maximum Gasteiger partial charge on any atom is 0.264 e. The fourth-order valence-corrected chi connectivity index (χ4v) is 3.03. The molecular weight excluding hydrogens is 348 g/mol. The first-order valence-electron chi connectivity index (χ1n) is 8.45. The number of nitrogens with two attached hydrogens (primary N) is 1. The van der Waals surface area contributed by atoms with Crippen LogP contribution in [0.25, 0.3) is 0 Å². The number of amides is 1. The average Bonchev–Trinajstić information content (AvgIpc) is 2.97. The van der Waals surface area contributed by atoms with Crippen molar-refractivity contribution in [3.05, 3.63) is 52.0 Å².